The molecule has 1 aliphatic heterocycles. The highest BCUT2D eigenvalue weighted by molar-refractivity contribution is 6.93. The Hall–Kier alpha value is -5.90. The molecular weight excluding hydrogens is 885 g/mol. The van der Waals surface area contributed by atoms with E-state index >= 15 is 0 Å². The van der Waals surface area contributed by atoms with Crippen LogP contribution in [-0.4, -0.2) is 32.4 Å². The van der Waals surface area contributed by atoms with E-state index in [4.69, 9.17) is 9.72 Å². The van der Waals surface area contributed by atoms with Crippen molar-refractivity contribution in [3.8, 4) is 17.3 Å². The highest BCUT2D eigenvalue weighted by Gasteiger charge is 2.58. The van der Waals surface area contributed by atoms with Gasteiger partial charge < -0.3 is 14.5 Å². The number of aromatic nitrogens is 2. The SMILES string of the molecule is Cc1ccc(C2(c3ccnc(-n4c5ccccc5c5ccc(Oc6cc(N7CN(c8c([Si](C)(C)C)cccc8[Si](C)(C)C)c8ccccc87)cc(C(C)(C)C)c6)cc54)c3)C3CC4CC(C3)CC2C4)cc1. The Kier molecular flexibility index (Phi) is 10.6. The lowest BCUT2D eigenvalue weighted by molar-refractivity contribution is -0.0418. The molecule has 4 aliphatic carbocycles. The third-order valence-electron chi connectivity index (χ3n) is 17.0. The number of rotatable bonds is 9. The molecule has 13 rings (SSSR count). The second kappa shape index (κ2) is 16.3. The van der Waals surface area contributed by atoms with Crippen LogP contribution in [0.3, 0.4) is 0 Å². The summed E-state index contributed by atoms with van der Waals surface area (Å²) < 4.78 is 9.54. The lowest BCUT2D eigenvalue weighted by Crippen LogP contribution is -2.56. The predicted molar refractivity (Wildman–Crippen MR) is 301 cm³/mol. The summed E-state index contributed by atoms with van der Waals surface area (Å²) in [7, 11) is -3.44. The minimum Gasteiger partial charge on any atom is -0.457 e. The van der Waals surface area contributed by atoms with Gasteiger partial charge in [0, 0.05) is 45.9 Å². The van der Waals surface area contributed by atoms with Crippen LogP contribution in [0.15, 0.2) is 146 Å². The zero-order valence-corrected chi connectivity index (χ0v) is 45.1. The normalized spacial score (nSPS) is 22.1. The zero-order chi connectivity index (χ0) is 48.5. The topological polar surface area (TPSA) is 33.5 Å². The fourth-order valence-electron chi connectivity index (χ4n) is 14.0. The van der Waals surface area contributed by atoms with Crippen LogP contribution in [0.4, 0.5) is 22.7 Å². The Bertz CT molecular complexity index is 3270. The molecule has 0 atom stereocenters. The van der Waals surface area contributed by atoms with Gasteiger partial charge in [-0.3, -0.25) is 4.57 Å². The second-order valence-corrected chi connectivity index (χ2v) is 34.8. The minimum absolute atomic E-state index is 0.0111. The third-order valence-corrected chi connectivity index (χ3v) is 21.1. The molecule has 4 fully saturated rings. The van der Waals surface area contributed by atoms with Gasteiger partial charge in [0.05, 0.1) is 38.6 Å². The fraction of sp³-hybridized carbons (Fsp3) is 0.349. The largest absolute Gasteiger partial charge is 0.457 e. The van der Waals surface area contributed by atoms with Gasteiger partial charge in [-0.2, -0.15) is 0 Å². The van der Waals surface area contributed by atoms with Crippen LogP contribution in [0.2, 0.25) is 39.3 Å². The second-order valence-electron chi connectivity index (χ2n) is 24.7. The van der Waals surface area contributed by atoms with Crippen LogP contribution in [0.25, 0.3) is 27.6 Å². The molecule has 0 saturated heterocycles. The van der Waals surface area contributed by atoms with Crippen molar-refractivity contribution in [1.82, 2.24) is 9.55 Å². The van der Waals surface area contributed by atoms with Gasteiger partial charge in [0.25, 0.3) is 0 Å². The maximum Gasteiger partial charge on any atom is 0.137 e. The molecule has 70 heavy (non-hydrogen) atoms. The molecule has 3 heterocycles. The van der Waals surface area contributed by atoms with Crippen molar-refractivity contribution >= 4 is 71.1 Å². The van der Waals surface area contributed by atoms with Crippen LogP contribution in [0, 0.1) is 30.6 Å². The highest BCUT2D eigenvalue weighted by Crippen LogP contribution is 2.65. The summed E-state index contributed by atoms with van der Waals surface area (Å²) in [5.41, 5.74) is 12.7. The summed E-state index contributed by atoms with van der Waals surface area (Å²) in [6, 6.07) is 53.0. The number of fused-ring (bicyclic) bond motifs is 4. The molecule has 2 aromatic heterocycles. The molecule has 6 aromatic carbocycles. The summed E-state index contributed by atoms with van der Waals surface area (Å²) in [6.07, 6.45) is 8.87. The summed E-state index contributed by atoms with van der Waals surface area (Å²) in [5.74, 6) is 5.67. The molecule has 0 amide bonds. The number of hydrogen-bond donors (Lipinski definition) is 0. The summed E-state index contributed by atoms with van der Waals surface area (Å²) in [6.45, 7) is 24.8. The number of anilines is 4. The smallest absolute Gasteiger partial charge is 0.137 e. The van der Waals surface area contributed by atoms with E-state index in [-0.39, 0.29) is 10.8 Å². The first kappa shape index (κ1) is 45.3. The van der Waals surface area contributed by atoms with E-state index in [0.717, 1.165) is 52.5 Å². The van der Waals surface area contributed by atoms with Gasteiger partial charge in [0.1, 0.15) is 24.0 Å². The van der Waals surface area contributed by atoms with Crippen molar-refractivity contribution in [2.75, 3.05) is 16.5 Å². The first-order chi connectivity index (χ1) is 33.4. The number of nitrogens with zero attached hydrogens (tertiary/aromatic N) is 4. The van der Waals surface area contributed by atoms with E-state index in [0.29, 0.717) is 11.8 Å². The van der Waals surface area contributed by atoms with Gasteiger partial charge in [-0.1, -0.05) is 138 Å². The van der Waals surface area contributed by atoms with Crippen LogP contribution in [-0.2, 0) is 10.8 Å². The van der Waals surface area contributed by atoms with Crippen molar-refractivity contribution < 1.29 is 4.74 Å². The Balaban J connectivity index is 0.958. The molecule has 4 bridgehead atoms. The Labute approximate surface area is 418 Å². The van der Waals surface area contributed by atoms with Crippen molar-refractivity contribution in [1.29, 1.82) is 0 Å². The number of pyridine rings is 1. The minimum atomic E-state index is -1.72. The molecule has 5 nitrogen and oxygen atoms in total. The average Bonchev–Trinajstić information content (AvgIpc) is 3.87. The standard InChI is InChI=1S/C63H70N4OSi2/c1-41-22-24-44(25-23-41)63(47-31-42-30-43(33-47)34-48(63)32-42)45-28-29-64-60(37-45)67-54-17-12-11-16-52(54)53-27-26-50(39-57(53)67)68-51-36-46(62(2,3)4)35-49(38-51)65-40-66(56-19-14-13-18-55(56)65)61-58(69(5,6)7)20-15-21-59(61)70(8,9)10/h11-29,35-39,42-43,47-48H,30-34,40H2,1-10H3. The molecule has 356 valence electrons. The Morgan fingerprint density at radius 1 is 0.571 bits per heavy atom. The quantitative estimate of drug-likeness (QED) is 0.135. The monoisotopic (exact) mass is 955 g/mol. The molecule has 0 spiro atoms. The van der Waals surface area contributed by atoms with Gasteiger partial charge in [-0.25, -0.2) is 4.98 Å². The molecular formula is C63H70N4OSi2. The first-order valence-corrected chi connectivity index (χ1v) is 33.1. The zero-order valence-electron chi connectivity index (χ0n) is 43.1. The van der Waals surface area contributed by atoms with Gasteiger partial charge in [0.15, 0.2) is 0 Å². The van der Waals surface area contributed by atoms with Gasteiger partial charge >= 0.3 is 0 Å². The van der Waals surface area contributed by atoms with Crippen molar-refractivity contribution in [3.05, 3.63) is 168 Å². The molecule has 0 N–H and O–H groups in total. The summed E-state index contributed by atoms with van der Waals surface area (Å²) >= 11 is 0. The van der Waals surface area contributed by atoms with Crippen molar-refractivity contribution in [2.24, 2.45) is 23.7 Å². The van der Waals surface area contributed by atoms with E-state index in [1.54, 1.807) is 0 Å². The highest BCUT2D eigenvalue weighted by atomic mass is 28.3. The van der Waals surface area contributed by atoms with Crippen molar-refractivity contribution in [3.63, 3.8) is 0 Å². The average molecular weight is 955 g/mol. The number of para-hydroxylation sites is 4. The Morgan fingerprint density at radius 3 is 1.86 bits per heavy atom. The lowest BCUT2D eigenvalue weighted by Gasteiger charge is -2.62. The lowest BCUT2D eigenvalue weighted by atomic mass is 9.42. The summed E-state index contributed by atoms with van der Waals surface area (Å²) in [5, 5.41) is 5.49. The van der Waals surface area contributed by atoms with E-state index in [1.807, 2.05) is 0 Å². The van der Waals surface area contributed by atoms with Gasteiger partial charge in [0.2, 0.25) is 0 Å². The number of aryl methyl sites for hydroxylation is 1. The number of benzene rings is 6. The van der Waals surface area contributed by atoms with E-state index in [9.17, 15) is 0 Å². The number of hydrogen-bond acceptors (Lipinski definition) is 4. The van der Waals surface area contributed by atoms with Crippen LogP contribution < -0.4 is 24.9 Å². The third kappa shape index (κ3) is 7.39. The van der Waals surface area contributed by atoms with Gasteiger partial charge in [-0.15, -0.1) is 0 Å². The van der Waals surface area contributed by atoms with E-state index < -0.39 is 16.1 Å². The van der Waals surface area contributed by atoms with Crippen LogP contribution >= 0.6 is 0 Å². The van der Waals surface area contributed by atoms with E-state index in [1.165, 1.54) is 92.6 Å². The molecule has 0 unspecified atom stereocenters. The molecule has 4 saturated carbocycles. The fourth-order valence-corrected chi connectivity index (χ4v) is 17.2. The first-order valence-electron chi connectivity index (χ1n) is 26.1. The molecule has 5 aliphatic rings. The number of ether oxygens (including phenoxy) is 1. The predicted octanol–water partition coefficient (Wildman–Crippen LogP) is 15.7. The molecule has 7 heteroatoms. The molecule has 8 aromatic rings. The van der Waals surface area contributed by atoms with Crippen LogP contribution in [0.1, 0.15) is 75.1 Å². The molecule has 0 radical (unpaired) electrons. The summed E-state index contributed by atoms with van der Waals surface area (Å²) in [4.78, 5) is 10.4. The maximum absolute atomic E-state index is 7.14. The van der Waals surface area contributed by atoms with Crippen molar-refractivity contribution in [2.45, 2.75) is 110 Å². The van der Waals surface area contributed by atoms with Crippen LogP contribution in [0.5, 0.6) is 11.5 Å². The maximum atomic E-state index is 7.14. The van der Waals surface area contributed by atoms with E-state index in [2.05, 4.69) is 227 Å². The Morgan fingerprint density at radius 2 is 1.20 bits per heavy atom. The van der Waals surface area contributed by atoms with Gasteiger partial charge in [-0.05, 0) is 150 Å².